The molecule has 1 saturated carbocycles. The first kappa shape index (κ1) is 16.2. The molecule has 2 N–H and O–H groups in total. The van der Waals surface area contributed by atoms with Crippen LogP contribution >= 0.6 is 0 Å². The summed E-state index contributed by atoms with van der Waals surface area (Å²) in [7, 11) is 1.81. The van der Waals surface area contributed by atoms with Crippen molar-refractivity contribution in [2.75, 3.05) is 7.05 Å². The van der Waals surface area contributed by atoms with E-state index in [0.717, 1.165) is 24.0 Å². The van der Waals surface area contributed by atoms with Crippen LogP contribution < -0.4 is 5.73 Å². The van der Waals surface area contributed by atoms with Crippen LogP contribution in [0.3, 0.4) is 0 Å². The number of likely N-dealkylation sites (N-methyl/N-ethyl adjacent to an activating group) is 1. The van der Waals surface area contributed by atoms with E-state index in [-0.39, 0.29) is 11.3 Å². The van der Waals surface area contributed by atoms with Gasteiger partial charge in [-0.25, -0.2) is 0 Å². The van der Waals surface area contributed by atoms with Crippen LogP contribution in [0.1, 0.15) is 39.9 Å². The summed E-state index contributed by atoms with van der Waals surface area (Å²) in [5.74, 6) is -0.318. The third kappa shape index (κ3) is 3.04. The van der Waals surface area contributed by atoms with Crippen molar-refractivity contribution < 1.29 is 9.59 Å². The fraction of sp³-hybridized carbons (Fsp3) is 0.300. The lowest BCUT2D eigenvalue weighted by Gasteiger charge is -2.24. The van der Waals surface area contributed by atoms with Crippen molar-refractivity contribution in [3.63, 3.8) is 0 Å². The standard InChI is InChI=1S/C20H22N2O2/c1-14-5-3-8-17(11-14)20(9-10-20)19(24)22(2)13-15-6-4-7-16(12-15)18(21)23/h3-8,11-12H,9-10,13H2,1-2H3,(H2,21,23). The molecular weight excluding hydrogens is 300 g/mol. The maximum atomic E-state index is 13.0. The Balaban J connectivity index is 1.78. The van der Waals surface area contributed by atoms with Gasteiger partial charge in [0.2, 0.25) is 11.8 Å². The molecule has 0 atom stereocenters. The van der Waals surface area contributed by atoms with Gasteiger partial charge in [0.1, 0.15) is 0 Å². The normalized spacial score (nSPS) is 14.9. The molecule has 2 aromatic rings. The molecule has 4 nitrogen and oxygen atoms in total. The van der Waals surface area contributed by atoms with E-state index in [0.29, 0.717) is 12.1 Å². The zero-order chi connectivity index (χ0) is 17.3. The average Bonchev–Trinajstić information content (AvgIpc) is 3.36. The van der Waals surface area contributed by atoms with E-state index >= 15 is 0 Å². The summed E-state index contributed by atoms with van der Waals surface area (Å²) in [5.41, 5.74) is 8.59. The SMILES string of the molecule is Cc1cccc(C2(C(=O)N(C)Cc3cccc(C(N)=O)c3)CC2)c1. The molecule has 0 aliphatic heterocycles. The Hall–Kier alpha value is -2.62. The quantitative estimate of drug-likeness (QED) is 0.920. The second kappa shape index (κ2) is 6.11. The number of aryl methyl sites for hydroxylation is 1. The van der Waals surface area contributed by atoms with Crippen LogP contribution in [-0.2, 0) is 16.8 Å². The van der Waals surface area contributed by atoms with Gasteiger partial charge in [0.15, 0.2) is 0 Å². The first-order valence-electron chi connectivity index (χ1n) is 8.14. The molecule has 2 amide bonds. The van der Waals surface area contributed by atoms with Crippen molar-refractivity contribution in [3.8, 4) is 0 Å². The van der Waals surface area contributed by atoms with Crippen LogP contribution in [0.15, 0.2) is 48.5 Å². The lowest BCUT2D eigenvalue weighted by Crippen LogP contribution is -2.36. The molecule has 3 rings (SSSR count). The third-order valence-electron chi connectivity index (χ3n) is 4.71. The topological polar surface area (TPSA) is 63.4 Å². The summed E-state index contributed by atoms with van der Waals surface area (Å²) in [6, 6.07) is 15.3. The fourth-order valence-corrected chi connectivity index (χ4v) is 3.23. The highest BCUT2D eigenvalue weighted by Crippen LogP contribution is 2.49. The van der Waals surface area contributed by atoms with Gasteiger partial charge in [0.05, 0.1) is 5.41 Å². The van der Waals surface area contributed by atoms with E-state index in [4.69, 9.17) is 5.73 Å². The smallest absolute Gasteiger partial charge is 0.248 e. The molecule has 0 unspecified atom stereocenters. The number of primary amides is 1. The van der Waals surface area contributed by atoms with Gasteiger partial charge in [-0.3, -0.25) is 9.59 Å². The Labute approximate surface area is 142 Å². The van der Waals surface area contributed by atoms with Crippen molar-refractivity contribution in [3.05, 3.63) is 70.8 Å². The third-order valence-corrected chi connectivity index (χ3v) is 4.71. The molecule has 1 aliphatic carbocycles. The Morgan fingerprint density at radius 3 is 2.46 bits per heavy atom. The molecule has 0 bridgehead atoms. The summed E-state index contributed by atoms with van der Waals surface area (Å²) in [5, 5.41) is 0. The van der Waals surface area contributed by atoms with Crippen molar-refractivity contribution in [2.24, 2.45) is 5.73 Å². The van der Waals surface area contributed by atoms with Gasteiger partial charge in [-0.2, -0.15) is 0 Å². The molecule has 0 saturated heterocycles. The number of carbonyl (C=O) groups is 2. The van der Waals surface area contributed by atoms with Crippen LogP contribution in [0.2, 0.25) is 0 Å². The summed E-state index contributed by atoms with van der Waals surface area (Å²) in [6.07, 6.45) is 1.78. The van der Waals surface area contributed by atoms with Gasteiger partial charge in [-0.05, 0) is 43.0 Å². The molecule has 1 aliphatic rings. The van der Waals surface area contributed by atoms with Crippen LogP contribution in [0, 0.1) is 6.92 Å². The zero-order valence-corrected chi connectivity index (χ0v) is 14.1. The molecular formula is C20H22N2O2. The summed E-state index contributed by atoms with van der Waals surface area (Å²) in [6.45, 7) is 2.51. The van der Waals surface area contributed by atoms with Gasteiger partial charge >= 0.3 is 0 Å². The molecule has 0 aromatic heterocycles. The number of hydrogen-bond donors (Lipinski definition) is 1. The van der Waals surface area contributed by atoms with E-state index in [1.165, 1.54) is 5.56 Å². The number of carbonyl (C=O) groups excluding carboxylic acids is 2. The fourth-order valence-electron chi connectivity index (χ4n) is 3.23. The summed E-state index contributed by atoms with van der Waals surface area (Å²) < 4.78 is 0. The summed E-state index contributed by atoms with van der Waals surface area (Å²) >= 11 is 0. The van der Waals surface area contributed by atoms with Crippen LogP contribution in [0.25, 0.3) is 0 Å². The number of benzene rings is 2. The lowest BCUT2D eigenvalue weighted by molar-refractivity contribution is -0.133. The first-order chi connectivity index (χ1) is 11.4. The zero-order valence-electron chi connectivity index (χ0n) is 14.1. The molecule has 0 radical (unpaired) electrons. The number of amides is 2. The van der Waals surface area contributed by atoms with Crippen molar-refractivity contribution >= 4 is 11.8 Å². The molecule has 2 aromatic carbocycles. The number of hydrogen-bond acceptors (Lipinski definition) is 2. The van der Waals surface area contributed by atoms with E-state index in [9.17, 15) is 9.59 Å². The van der Waals surface area contributed by atoms with Gasteiger partial charge in [0, 0.05) is 19.2 Å². The monoisotopic (exact) mass is 322 g/mol. The average molecular weight is 322 g/mol. The Kier molecular flexibility index (Phi) is 4.14. The molecule has 124 valence electrons. The maximum Gasteiger partial charge on any atom is 0.248 e. The Bertz CT molecular complexity index is 794. The second-order valence-electron chi connectivity index (χ2n) is 6.68. The minimum Gasteiger partial charge on any atom is -0.366 e. The van der Waals surface area contributed by atoms with Gasteiger partial charge in [0.25, 0.3) is 0 Å². The number of nitrogens with zero attached hydrogens (tertiary/aromatic N) is 1. The highest BCUT2D eigenvalue weighted by molar-refractivity contribution is 5.93. The molecule has 24 heavy (non-hydrogen) atoms. The van der Waals surface area contributed by atoms with Gasteiger partial charge < -0.3 is 10.6 Å². The minimum absolute atomic E-state index is 0.137. The summed E-state index contributed by atoms with van der Waals surface area (Å²) in [4.78, 5) is 26.0. The van der Waals surface area contributed by atoms with Crippen LogP contribution in [0.4, 0.5) is 0 Å². The lowest BCUT2D eigenvalue weighted by atomic mass is 9.93. The molecule has 4 heteroatoms. The first-order valence-corrected chi connectivity index (χ1v) is 8.14. The van der Waals surface area contributed by atoms with Crippen molar-refractivity contribution in [2.45, 2.75) is 31.7 Å². The maximum absolute atomic E-state index is 13.0. The van der Waals surface area contributed by atoms with Gasteiger partial charge in [-0.1, -0.05) is 42.0 Å². The molecule has 0 heterocycles. The van der Waals surface area contributed by atoms with Gasteiger partial charge in [-0.15, -0.1) is 0 Å². The van der Waals surface area contributed by atoms with E-state index < -0.39 is 5.91 Å². The van der Waals surface area contributed by atoms with Crippen molar-refractivity contribution in [1.82, 2.24) is 4.90 Å². The largest absolute Gasteiger partial charge is 0.366 e. The van der Waals surface area contributed by atoms with E-state index in [1.807, 2.05) is 38.2 Å². The minimum atomic E-state index is -0.454. The Morgan fingerprint density at radius 2 is 1.83 bits per heavy atom. The number of rotatable bonds is 5. The second-order valence-corrected chi connectivity index (χ2v) is 6.68. The highest BCUT2D eigenvalue weighted by atomic mass is 16.2. The molecule has 1 fully saturated rings. The molecule has 0 spiro atoms. The van der Waals surface area contributed by atoms with Crippen molar-refractivity contribution in [1.29, 1.82) is 0 Å². The van der Waals surface area contributed by atoms with Crippen LogP contribution in [0.5, 0.6) is 0 Å². The predicted molar refractivity (Wildman–Crippen MR) is 93.5 cm³/mol. The Morgan fingerprint density at radius 1 is 1.12 bits per heavy atom. The van der Waals surface area contributed by atoms with Crippen LogP contribution in [-0.4, -0.2) is 23.8 Å². The van der Waals surface area contributed by atoms with E-state index in [1.54, 1.807) is 23.1 Å². The number of nitrogens with two attached hydrogens (primary N) is 1. The predicted octanol–water partition coefficient (Wildman–Crippen LogP) is 2.78. The highest BCUT2D eigenvalue weighted by Gasteiger charge is 2.52. The van der Waals surface area contributed by atoms with E-state index in [2.05, 4.69) is 6.07 Å².